The first kappa shape index (κ1) is 25.8. The summed E-state index contributed by atoms with van der Waals surface area (Å²) in [5.74, 6) is 0. The van der Waals surface area contributed by atoms with Gasteiger partial charge in [-0.25, -0.2) is 0 Å². The lowest BCUT2D eigenvalue weighted by atomic mass is 9.83. The van der Waals surface area contributed by atoms with Crippen LogP contribution in [0.2, 0.25) is 0 Å². The summed E-state index contributed by atoms with van der Waals surface area (Å²) in [5.41, 5.74) is 8.21. The van der Waals surface area contributed by atoms with Crippen molar-refractivity contribution in [2.75, 3.05) is 0 Å². The number of para-hydroxylation sites is 1. The first-order valence-corrected chi connectivity index (χ1v) is 16.4. The fourth-order valence-corrected chi connectivity index (χ4v) is 8.25. The van der Waals surface area contributed by atoms with Gasteiger partial charge in [0.25, 0.3) is 0 Å². The van der Waals surface area contributed by atoms with E-state index in [1.165, 1.54) is 54.2 Å². The third-order valence-electron chi connectivity index (χ3n) is 10.2. The molecule has 0 spiro atoms. The lowest BCUT2D eigenvalue weighted by molar-refractivity contribution is 0.665. The smallest absolute Gasteiger partial charge is 0.144 e. The number of furan rings is 2. The average molecular weight is 611 g/mol. The highest BCUT2D eigenvalue weighted by molar-refractivity contribution is 6.33. The molecule has 0 aliphatic carbocycles. The van der Waals surface area contributed by atoms with E-state index in [-0.39, 0.29) is 0 Å². The monoisotopic (exact) mass is 610 g/mol. The van der Waals surface area contributed by atoms with Crippen molar-refractivity contribution >= 4 is 87.0 Å². The summed E-state index contributed by atoms with van der Waals surface area (Å²) in [4.78, 5) is 0. The summed E-state index contributed by atoms with van der Waals surface area (Å²) in [6, 6.07) is 56.5. The lowest BCUT2D eigenvalue weighted by Gasteiger charge is -2.19. The van der Waals surface area contributed by atoms with Crippen molar-refractivity contribution in [3.05, 3.63) is 158 Å². The number of benzene rings is 9. The van der Waals surface area contributed by atoms with Crippen molar-refractivity contribution in [3.63, 3.8) is 0 Å². The van der Waals surface area contributed by atoms with Gasteiger partial charge in [-0.2, -0.15) is 0 Å². The van der Waals surface area contributed by atoms with Gasteiger partial charge in [0.1, 0.15) is 22.3 Å². The second kappa shape index (κ2) is 9.57. The first-order valence-electron chi connectivity index (χ1n) is 16.4. The van der Waals surface area contributed by atoms with Crippen LogP contribution in [0, 0.1) is 0 Å². The molecule has 0 fully saturated rings. The van der Waals surface area contributed by atoms with Crippen LogP contribution in [0.1, 0.15) is 0 Å². The number of hydrogen-bond donors (Lipinski definition) is 0. The topological polar surface area (TPSA) is 26.3 Å². The zero-order chi connectivity index (χ0) is 31.3. The zero-order valence-corrected chi connectivity index (χ0v) is 25.8. The largest absolute Gasteiger partial charge is 0.456 e. The molecule has 0 radical (unpaired) electrons. The molecule has 0 atom stereocenters. The second-order valence-electron chi connectivity index (χ2n) is 12.7. The Bertz CT molecular complexity index is 3060. The zero-order valence-electron chi connectivity index (χ0n) is 25.8. The van der Waals surface area contributed by atoms with Gasteiger partial charge in [0.05, 0.1) is 0 Å². The van der Waals surface area contributed by atoms with Crippen LogP contribution in [0.3, 0.4) is 0 Å². The van der Waals surface area contributed by atoms with Crippen LogP contribution in [-0.4, -0.2) is 0 Å². The number of fused-ring (bicyclic) bond motifs is 11. The van der Waals surface area contributed by atoms with E-state index < -0.39 is 0 Å². The molecule has 2 aromatic heterocycles. The maximum Gasteiger partial charge on any atom is 0.144 e. The molecule has 2 nitrogen and oxygen atoms in total. The molecule has 0 N–H and O–H groups in total. The van der Waals surface area contributed by atoms with E-state index in [0.717, 1.165) is 55.0 Å². The molecular weight excluding hydrogens is 585 g/mol. The quantitative estimate of drug-likeness (QED) is 0.182. The van der Waals surface area contributed by atoms with E-state index in [0.29, 0.717) is 0 Å². The SMILES string of the molecule is c1ccc2c(-c3c4ccccc4c(-c4c5oc6ccc7ccccc7c6c5cc5oc6ccccc6c45)c4ccccc34)cccc2c1. The van der Waals surface area contributed by atoms with E-state index in [1.54, 1.807) is 0 Å². The molecule has 2 heteroatoms. The van der Waals surface area contributed by atoms with Crippen LogP contribution >= 0.6 is 0 Å². The maximum atomic E-state index is 7.00. The predicted octanol–water partition coefficient (Wildman–Crippen LogP) is 13.4. The lowest BCUT2D eigenvalue weighted by Crippen LogP contribution is -1.92. The Balaban J connectivity index is 1.40. The molecule has 48 heavy (non-hydrogen) atoms. The Morgan fingerprint density at radius 1 is 0.292 bits per heavy atom. The molecule has 0 saturated carbocycles. The fraction of sp³-hybridized carbons (Fsp3) is 0. The summed E-state index contributed by atoms with van der Waals surface area (Å²) < 4.78 is 13.7. The van der Waals surface area contributed by atoms with Crippen LogP contribution < -0.4 is 0 Å². The summed E-state index contributed by atoms with van der Waals surface area (Å²) in [6.45, 7) is 0. The van der Waals surface area contributed by atoms with Crippen LogP contribution in [-0.2, 0) is 0 Å². The van der Waals surface area contributed by atoms with Crippen molar-refractivity contribution in [1.29, 1.82) is 0 Å². The third-order valence-corrected chi connectivity index (χ3v) is 10.2. The molecule has 0 saturated heterocycles. The third kappa shape index (κ3) is 3.41. The van der Waals surface area contributed by atoms with Gasteiger partial charge >= 0.3 is 0 Å². The molecule has 9 aromatic carbocycles. The van der Waals surface area contributed by atoms with Gasteiger partial charge in [0, 0.05) is 32.7 Å². The van der Waals surface area contributed by atoms with E-state index >= 15 is 0 Å². The molecule has 222 valence electrons. The molecule has 11 rings (SSSR count). The standard InChI is InChI=1S/C46H26O2/c1-3-15-29-27(12-1)14-11-22-31(29)41-32-17-5-7-19-34(32)43(35-20-8-6-18-33(35)41)45-44-36-21-9-10-23-38(36)47-40(44)26-37-42-30-16-4-2-13-28(30)24-25-39(42)48-46(37)45/h1-26H. The minimum atomic E-state index is 0.862. The van der Waals surface area contributed by atoms with Crippen LogP contribution in [0.25, 0.3) is 109 Å². The maximum absolute atomic E-state index is 7.00. The predicted molar refractivity (Wildman–Crippen MR) is 202 cm³/mol. The molecule has 0 unspecified atom stereocenters. The van der Waals surface area contributed by atoms with Crippen molar-refractivity contribution in [3.8, 4) is 22.3 Å². The Hall–Kier alpha value is -6.38. The van der Waals surface area contributed by atoms with Gasteiger partial charge in [-0.3, -0.25) is 0 Å². The Labute approximate surface area is 275 Å². The molecule has 0 amide bonds. The summed E-state index contributed by atoms with van der Waals surface area (Å²) in [6.07, 6.45) is 0. The van der Waals surface area contributed by atoms with Gasteiger partial charge in [-0.1, -0.05) is 140 Å². The van der Waals surface area contributed by atoms with Crippen LogP contribution in [0.5, 0.6) is 0 Å². The Morgan fingerprint density at radius 3 is 1.58 bits per heavy atom. The minimum absolute atomic E-state index is 0.862. The Morgan fingerprint density at radius 2 is 0.854 bits per heavy atom. The number of rotatable bonds is 2. The number of hydrogen-bond acceptors (Lipinski definition) is 2. The molecule has 0 bridgehead atoms. The highest BCUT2D eigenvalue weighted by Crippen LogP contribution is 2.51. The van der Waals surface area contributed by atoms with Crippen LogP contribution in [0.4, 0.5) is 0 Å². The van der Waals surface area contributed by atoms with Crippen molar-refractivity contribution < 1.29 is 8.83 Å². The van der Waals surface area contributed by atoms with E-state index in [4.69, 9.17) is 8.83 Å². The molecule has 11 aromatic rings. The van der Waals surface area contributed by atoms with Crippen molar-refractivity contribution in [2.45, 2.75) is 0 Å². The minimum Gasteiger partial charge on any atom is -0.456 e. The van der Waals surface area contributed by atoms with Gasteiger partial charge in [-0.05, 0) is 72.4 Å². The van der Waals surface area contributed by atoms with Gasteiger partial charge < -0.3 is 8.83 Å². The van der Waals surface area contributed by atoms with E-state index in [1.807, 2.05) is 6.07 Å². The first-order chi connectivity index (χ1) is 23.8. The van der Waals surface area contributed by atoms with Crippen molar-refractivity contribution in [2.24, 2.45) is 0 Å². The highest BCUT2D eigenvalue weighted by Gasteiger charge is 2.26. The van der Waals surface area contributed by atoms with Gasteiger partial charge in [-0.15, -0.1) is 0 Å². The van der Waals surface area contributed by atoms with Gasteiger partial charge in [0.2, 0.25) is 0 Å². The summed E-state index contributed by atoms with van der Waals surface area (Å²) >= 11 is 0. The average Bonchev–Trinajstić information content (AvgIpc) is 3.71. The second-order valence-corrected chi connectivity index (χ2v) is 12.7. The summed E-state index contributed by atoms with van der Waals surface area (Å²) in [7, 11) is 0. The highest BCUT2D eigenvalue weighted by atomic mass is 16.3. The Kier molecular flexibility index (Phi) is 5.14. The fourth-order valence-electron chi connectivity index (χ4n) is 8.25. The molecular formula is C46H26O2. The van der Waals surface area contributed by atoms with Crippen molar-refractivity contribution in [1.82, 2.24) is 0 Å². The molecule has 2 heterocycles. The molecule has 0 aliphatic rings. The van der Waals surface area contributed by atoms with Crippen LogP contribution in [0.15, 0.2) is 167 Å². The van der Waals surface area contributed by atoms with Gasteiger partial charge in [0.15, 0.2) is 0 Å². The van der Waals surface area contributed by atoms with E-state index in [9.17, 15) is 0 Å². The van der Waals surface area contributed by atoms with E-state index in [2.05, 4.69) is 152 Å². The molecule has 0 aliphatic heterocycles. The summed E-state index contributed by atoms with van der Waals surface area (Å²) in [5, 5.41) is 14.0. The normalized spacial score (nSPS) is 12.2.